The summed E-state index contributed by atoms with van der Waals surface area (Å²) in [5.74, 6) is -0.427. The molecule has 0 radical (unpaired) electrons. The molecule has 1 amide bonds. The highest BCUT2D eigenvalue weighted by Crippen LogP contribution is 2.21. The van der Waals surface area contributed by atoms with E-state index in [2.05, 4.69) is 26.2 Å². The minimum atomic E-state index is -0.531. The first-order valence-electron chi connectivity index (χ1n) is 6.42. The quantitative estimate of drug-likeness (QED) is 0.851. The van der Waals surface area contributed by atoms with Crippen LogP contribution < -0.4 is 14.8 Å². The topological polar surface area (TPSA) is 60.5 Å². The lowest BCUT2D eigenvalue weighted by Crippen LogP contribution is -2.28. The first kappa shape index (κ1) is 16.2. The highest BCUT2D eigenvalue weighted by Gasteiger charge is 2.09. The maximum atomic E-state index is 13.5. The summed E-state index contributed by atoms with van der Waals surface area (Å²) in [5.41, 5.74) is 0.744. The van der Waals surface area contributed by atoms with Crippen molar-refractivity contribution in [3.05, 3.63) is 52.4 Å². The van der Waals surface area contributed by atoms with Gasteiger partial charge in [0.25, 0.3) is 5.91 Å². The van der Waals surface area contributed by atoms with E-state index in [1.54, 1.807) is 24.4 Å². The van der Waals surface area contributed by atoms with Gasteiger partial charge in [0.2, 0.25) is 5.88 Å². The van der Waals surface area contributed by atoms with Gasteiger partial charge in [0.05, 0.1) is 7.11 Å². The number of methoxy groups -OCH3 is 1. The first-order valence-corrected chi connectivity index (χ1v) is 7.22. The van der Waals surface area contributed by atoms with Gasteiger partial charge in [0.15, 0.2) is 18.2 Å². The lowest BCUT2D eigenvalue weighted by Gasteiger charge is -2.10. The monoisotopic (exact) mass is 368 g/mol. The van der Waals surface area contributed by atoms with E-state index in [0.29, 0.717) is 10.4 Å². The third-order valence-electron chi connectivity index (χ3n) is 2.77. The smallest absolute Gasteiger partial charge is 0.258 e. The van der Waals surface area contributed by atoms with E-state index in [1.807, 2.05) is 0 Å². The van der Waals surface area contributed by atoms with Crippen LogP contribution in [-0.2, 0) is 11.3 Å². The van der Waals surface area contributed by atoms with Gasteiger partial charge >= 0.3 is 0 Å². The molecule has 0 saturated carbocycles. The molecular weight excluding hydrogens is 355 g/mol. The van der Waals surface area contributed by atoms with E-state index >= 15 is 0 Å². The van der Waals surface area contributed by atoms with Crippen LogP contribution in [0.3, 0.4) is 0 Å². The second-order valence-electron chi connectivity index (χ2n) is 4.31. The Hall–Kier alpha value is -2.15. The molecule has 1 aromatic carbocycles. The van der Waals surface area contributed by atoms with Crippen molar-refractivity contribution in [2.75, 3.05) is 13.7 Å². The number of ether oxygens (including phenoxy) is 2. The largest absolute Gasteiger partial charge is 0.481 e. The molecule has 0 fully saturated rings. The fraction of sp³-hybridized carbons (Fsp3) is 0.200. The van der Waals surface area contributed by atoms with Crippen LogP contribution in [0.5, 0.6) is 11.6 Å². The van der Waals surface area contributed by atoms with Gasteiger partial charge in [0, 0.05) is 22.8 Å². The fourth-order valence-electron chi connectivity index (χ4n) is 1.72. The number of nitrogens with zero attached hydrogens (tertiary/aromatic N) is 1. The molecule has 1 N–H and O–H groups in total. The maximum Gasteiger partial charge on any atom is 0.258 e. The van der Waals surface area contributed by atoms with Crippen molar-refractivity contribution >= 4 is 21.8 Å². The zero-order chi connectivity index (χ0) is 15.9. The molecule has 0 aliphatic rings. The molecule has 2 rings (SSSR count). The zero-order valence-corrected chi connectivity index (χ0v) is 13.4. The van der Waals surface area contributed by atoms with Crippen LogP contribution in [0.2, 0.25) is 0 Å². The summed E-state index contributed by atoms with van der Waals surface area (Å²) in [6.07, 6.45) is 1.60. The summed E-state index contributed by atoms with van der Waals surface area (Å²) in [7, 11) is 1.51. The van der Waals surface area contributed by atoms with E-state index in [9.17, 15) is 9.18 Å². The highest BCUT2D eigenvalue weighted by molar-refractivity contribution is 9.10. The Morgan fingerprint density at radius 2 is 2.23 bits per heavy atom. The van der Waals surface area contributed by atoms with E-state index in [0.717, 1.165) is 5.56 Å². The average Bonchev–Trinajstić information content (AvgIpc) is 2.52. The minimum Gasteiger partial charge on any atom is -0.481 e. The minimum absolute atomic E-state index is 0.0253. The predicted molar refractivity (Wildman–Crippen MR) is 82.2 cm³/mol. The Bertz CT molecular complexity index is 667. The summed E-state index contributed by atoms with van der Waals surface area (Å²) in [5, 5.41) is 2.66. The van der Waals surface area contributed by atoms with Gasteiger partial charge in [0.1, 0.15) is 0 Å². The molecular formula is C15H14BrFN2O3. The number of carbonyl (C=O) groups excluding carboxylic acids is 1. The molecule has 0 aliphatic carbocycles. The molecule has 0 atom stereocenters. The summed E-state index contributed by atoms with van der Waals surface area (Å²) < 4.78 is 24.4. The van der Waals surface area contributed by atoms with Crippen molar-refractivity contribution in [1.82, 2.24) is 10.3 Å². The van der Waals surface area contributed by atoms with Crippen molar-refractivity contribution < 1.29 is 18.7 Å². The Morgan fingerprint density at radius 3 is 2.95 bits per heavy atom. The van der Waals surface area contributed by atoms with Crippen LogP contribution in [0.25, 0.3) is 0 Å². The Balaban J connectivity index is 1.85. The third kappa shape index (κ3) is 4.42. The fourth-order valence-corrected chi connectivity index (χ4v) is 2.06. The van der Waals surface area contributed by atoms with Gasteiger partial charge in [-0.15, -0.1) is 0 Å². The summed E-state index contributed by atoms with van der Waals surface area (Å²) >= 11 is 3.15. The van der Waals surface area contributed by atoms with Crippen LogP contribution in [0.4, 0.5) is 4.39 Å². The molecule has 7 heteroatoms. The summed E-state index contributed by atoms with van der Waals surface area (Å²) in [6.45, 7) is -0.0246. The van der Waals surface area contributed by atoms with Gasteiger partial charge in [-0.1, -0.05) is 22.0 Å². The molecule has 116 valence electrons. The Kier molecular flexibility index (Phi) is 5.71. The molecule has 0 saturated heterocycles. The van der Waals surface area contributed by atoms with Crippen LogP contribution >= 0.6 is 15.9 Å². The number of carbonyl (C=O) groups is 1. The van der Waals surface area contributed by atoms with Crippen LogP contribution in [0.1, 0.15) is 5.56 Å². The van der Waals surface area contributed by atoms with Gasteiger partial charge in [-0.25, -0.2) is 9.37 Å². The molecule has 0 aliphatic heterocycles. The number of nitrogens with one attached hydrogen (secondary N) is 1. The van der Waals surface area contributed by atoms with E-state index in [4.69, 9.17) is 9.47 Å². The van der Waals surface area contributed by atoms with E-state index < -0.39 is 5.82 Å². The van der Waals surface area contributed by atoms with Crippen molar-refractivity contribution in [2.24, 2.45) is 0 Å². The van der Waals surface area contributed by atoms with E-state index in [1.165, 1.54) is 19.2 Å². The third-order valence-corrected chi connectivity index (χ3v) is 3.27. The SMILES string of the molecule is COc1ncccc1CNC(=O)COc1ccc(Br)cc1F. The molecule has 0 spiro atoms. The van der Waals surface area contributed by atoms with Crippen molar-refractivity contribution in [3.8, 4) is 11.6 Å². The number of pyridine rings is 1. The van der Waals surface area contributed by atoms with Gasteiger partial charge < -0.3 is 14.8 Å². The molecule has 1 aromatic heterocycles. The number of amides is 1. The summed E-state index contributed by atoms with van der Waals surface area (Å²) in [4.78, 5) is 15.8. The predicted octanol–water partition coefficient (Wildman–Crippen LogP) is 2.69. The Labute approximate surface area is 135 Å². The second kappa shape index (κ2) is 7.74. The normalized spacial score (nSPS) is 10.1. The average molecular weight is 369 g/mol. The van der Waals surface area contributed by atoms with Gasteiger partial charge in [-0.05, 0) is 24.3 Å². The van der Waals surface area contributed by atoms with Crippen LogP contribution in [0.15, 0.2) is 41.0 Å². The van der Waals surface area contributed by atoms with Crippen LogP contribution in [0, 0.1) is 5.82 Å². The molecule has 22 heavy (non-hydrogen) atoms. The number of hydrogen-bond acceptors (Lipinski definition) is 4. The Morgan fingerprint density at radius 1 is 1.41 bits per heavy atom. The molecule has 1 heterocycles. The number of halogens is 2. The summed E-state index contributed by atoms with van der Waals surface area (Å²) in [6, 6.07) is 7.90. The van der Waals surface area contributed by atoms with Crippen molar-refractivity contribution in [1.29, 1.82) is 0 Å². The number of hydrogen-bond donors (Lipinski definition) is 1. The van der Waals surface area contributed by atoms with Crippen molar-refractivity contribution in [3.63, 3.8) is 0 Å². The standard InChI is InChI=1S/C15H14BrFN2O3/c1-21-15-10(3-2-6-18-15)8-19-14(20)9-22-13-5-4-11(16)7-12(13)17/h2-7H,8-9H2,1H3,(H,19,20). The van der Waals surface area contributed by atoms with Crippen LogP contribution in [-0.4, -0.2) is 24.6 Å². The lowest BCUT2D eigenvalue weighted by molar-refractivity contribution is -0.123. The number of aromatic nitrogens is 1. The lowest BCUT2D eigenvalue weighted by atomic mass is 10.2. The second-order valence-corrected chi connectivity index (χ2v) is 5.23. The maximum absolute atomic E-state index is 13.5. The highest BCUT2D eigenvalue weighted by atomic mass is 79.9. The molecule has 2 aromatic rings. The first-order chi connectivity index (χ1) is 10.6. The van der Waals surface area contributed by atoms with E-state index in [-0.39, 0.29) is 24.8 Å². The molecule has 0 bridgehead atoms. The molecule has 5 nitrogen and oxygen atoms in total. The number of benzene rings is 1. The zero-order valence-electron chi connectivity index (χ0n) is 11.8. The number of rotatable bonds is 6. The van der Waals surface area contributed by atoms with Gasteiger partial charge in [-0.2, -0.15) is 0 Å². The van der Waals surface area contributed by atoms with Crippen molar-refractivity contribution in [2.45, 2.75) is 6.54 Å². The molecule has 0 unspecified atom stereocenters. The van der Waals surface area contributed by atoms with Gasteiger partial charge in [-0.3, -0.25) is 4.79 Å².